The van der Waals surface area contributed by atoms with E-state index in [9.17, 15) is 0 Å². The Kier molecular flexibility index (Phi) is 2.99. The molecule has 1 aromatic carbocycles. The molecule has 0 saturated heterocycles. The van der Waals surface area contributed by atoms with Crippen LogP contribution in [0.5, 0.6) is 5.88 Å². The van der Waals surface area contributed by atoms with Crippen LogP contribution in [0.1, 0.15) is 0 Å². The molecule has 0 unspecified atom stereocenters. The zero-order valence-electron chi connectivity index (χ0n) is 8.34. The van der Waals surface area contributed by atoms with Gasteiger partial charge in [0.05, 0.1) is 5.69 Å². The summed E-state index contributed by atoms with van der Waals surface area (Å²) < 4.78 is 7.07. The Morgan fingerprint density at radius 3 is 2.73 bits per heavy atom. The molecule has 2 N–H and O–H groups in total. The van der Waals surface area contributed by atoms with Crippen LogP contribution in [0, 0.1) is 0 Å². The largest absolute Gasteiger partial charge is 0.475 e. The van der Waals surface area contributed by atoms with Crippen molar-refractivity contribution in [1.29, 1.82) is 0 Å². The topological polar surface area (TPSA) is 53.1 Å². The first-order valence-electron chi connectivity index (χ1n) is 4.84. The van der Waals surface area contributed by atoms with Crippen molar-refractivity contribution in [3.63, 3.8) is 0 Å². The summed E-state index contributed by atoms with van der Waals surface area (Å²) in [6, 6.07) is 11.7. The first-order chi connectivity index (χ1) is 7.40. The first-order valence-corrected chi connectivity index (χ1v) is 4.84. The molecule has 0 bridgehead atoms. The Balaban J connectivity index is 2.14. The standard InChI is InChI=1S/C11H13N3O/c12-7-9-15-11-6-8-14(13-11)10-4-2-1-3-5-10/h1-6,8H,7,9,12H2. The summed E-state index contributed by atoms with van der Waals surface area (Å²) in [4.78, 5) is 0. The number of nitrogens with two attached hydrogens (primary N) is 1. The molecule has 0 spiro atoms. The highest BCUT2D eigenvalue weighted by Gasteiger charge is 2.00. The summed E-state index contributed by atoms with van der Waals surface area (Å²) in [5, 5.41) is 4.26. The van der Waals surface area contributed by atoms with Crippen LogP contribution < -0.4 is 10.5 Å². The van der Waals surface area contributed by atoms with E-state index in [1.165, 1.54) is 0 Å². The van der Waals surface area contributed by atoms with Crippen molar-refractivity contribution in [3.8, 4) is 11.6 Å². The third-order valence-electron chi connectivity index (χ3n) is 1.95. The highest BCUT2D eigenvalue weighted by atomic mass is 16.5. The van der Waals surface area contributed by atoms with Gasteiger partial charge < -0.3 is 10.5 Å². The Morgan fingerprint density at radius 1 is 1.20 bits per heavy atom. The lowest BCUT2D eigenvalue weighted by Gasteiger charge is -2.00. The van der Waals surface area contributed by atoms with Gasteiger partial charge in [-0.2, -0.15) is 0 Å². The van der Waals surface area contributed by atoms with Crippen molar-refractivity contribution in [2.45, 2.75) is 0 Å². The average Bonchev–Trinajstić information content (AvgIpc) is 2.76. The molecule has 0 radical (unpaired) electrons. The molecule has 0 amide bonds. The Hall–Kier alpha value is -1.81. The minimum atomic E-state index is 0.492. The zero-order chi connectivity index (χ0) is 10.5. The summed E-state index contributed by atoms with van der Waals surface area (Å²) in [7, 11) is 0. The van der Waals surface area contributed by atoms with Crippen molar-refractivity contribution in [3.05, 3.63) is 42.6 Å². The predicted octanol–water partition coefficient (Wildman–Crippen LogP) is 1.21. The number of hydrogen-bond acceptors (Lipinski definition) is 3. The summed E-state index contributed by atoms with van der Waals surface area (Å²) in [5.74, 6) is 0.601. The average molecular weight is 203 g/mol. The maximum Gasteiger partial charge on any atom is 0.233 e. The molecule has 4 heteroatoms. The maximum absolute atomic E-state index is 5.33. The molecule has 0 aliphatic rings. The van der Waals surface area contributed by atoms with Crippen molar-refractivity contribution >= 4 is 0 Å². The van der Waals surface area contributed by atoms with Gasteiger partial charge >= 0.3 is 0 Å². The van der Waals surface area contributed by atoms with Crippen LogP contribution in [0.25, 0.3) is 5.69 Å². The molecular formula is C11H13N3O. The van der Waals surface area contributed by atoms with Gasteiger partial charge in [-0.1, -0.05) is 18.2 Å². The Labute approximate surface area is 88.3 Å². The van der Waals surface area contributed by atoms with Crippen LogP contribution in [0.15, 0.2) is 42.6 Å². The molecule has 0 saturated carbocycles. The number of benzene rings is 1. The molecule has 1 aromatic heterocycles. The number of ether oxygens (including phenoxy) is 1. The quantitative estimate of drug-likeness (QED) is 0.812. The number of nitrogens with zero attached hydrogens (tertiary/aromatic N) is 2. The van der Waals surface area contributed by atoms with Crippen LogP contribution in [0.2, 0.25) is 0 Å². The van der Waals surface area contributed by atoms with Gasteiger partial charge in [-0.05, 0) is 12.1 Å². The van der Waals surface area contributed by atoms with E-state index < -0.39 is 0 Å². The van der Waals surface area contributed by atoms with Gasteiger partial charge in [0.2, 0.25) is 5.88 Å². The van der Waals surface area contributed by atoms with E-state index in [0.717, 1.165) is 5.69 Å². The minimum absolute atomic E-state index is 0.492. The van der Waals surface area contributed by atoms with Crippen LogP contribution >= 0.6 is 0 Å². The summed E-state index contributed by atoms with van der Waals surface area (Å²) in [6.45, 7) is 0.990. The third-order valence-corrected chi connectivity index (χ3v) is 1.95. The lowest BCUT2D eigenvalue weighted by molar-refractivity contribution is 0.313. The minimum Gasteiger partial charge on any atom is -0.475 e. The molecule has 0 atom stereocenters. The van der Waals surface area contributed by atoms with Crippen LogP contribution in [-0.2, 0) is 0 Å². The molecule has 0 aliphatic carbocycles. The Morgan fingerprint density at radius 2 is 2.00 bits per heavy atom. The van der Waals surface area contributed by atoms with Gasteiger partial charge in [0.25, 0.3) is 0 Å². The van der Waals surface area contributed by atoms with Crippen molar-refractivity contribution < 1.29 is 4.74 Å². The molecular weight excluding hydrogens is 190 g/mol. The number of aromatic nitrogens is 2. The lowest BCUT2D eigenvalue weighted by atomic mass is 10.3. The molecule has 1 heterocycles. The van der Waals surface area contributed by atoms with Gasteiger partial charge in [0, 0.05) is 18.8 Å². The van der Waals surface area contributed by atoms with Crippen LogP contribution in [0.3, 0.4) is 0 Å². The molecule has 4 nitrogen and oxygen atoms in total. The second-order valence-corrected chi connectivity index (χ2v) is 3.07. The van der Waals surface area contributed by atoms with Gasteiger partial charge in [-0.25, -0.2) is 4.68 Å². The van der Waals surface area contributed by atoms with E-state index in [2.05, 4.69) is 5.10 Å². The molecule has 0 aliphatic heterocycles. The number of hydrogen-bond donors (Lipinski definition) is 1. The second-order valence-electron chi connectivity index (χ2n) is 3.07. The third kappa shape index (κ3) is 2.35. The zero-order valence-corrected chi connectivity index (χ0v) is 8.34. The fourth-order valence-corrected chi connectivity index (χ4v) is 1.27. The maximum atomic E-state index is 5.33. The fraction of sp³-hybridized carbons (Fsp3) is 0.182. The first kappa shape index (κ1) is 9.73. The monoisotopic (exact) mass is 203 g/mol. The normalized spacial score (nSPS) is 10.2. The highest BCUT2D eigenvalue weighted by Crippen LogP contribution is 2.10. The van der Waals surface area contributed by atoms with Gasteiger partial charge in [0.15, 0.2) is 0 Å². The fourth-order valence-electron chi connectivity index (χ4n) is 1.27. The molecule has 0 fully saturated rings. The van der Waals surface area contributed by atoms with E-state index in [1.54, 1.807) is 4.68 Å². The summed E-state index contributed by atoms with van der Waals surface area (Å²) in [6.07, 6.45) is 1.86. The van der Waals surface area contributed by atoms with Gasteiger partial charge in [0.1, 0.15) is 6.61 Å². The molecule has 2 aromatic rings. The summed E-state index contributed by atoms with van der Waals surface area (Å²) in [5.41, 5.74) is 6.35. The van der Waals surface area contributed by atoms with Crippen molar-refractivity contribution in [2.75, 3.05) is 13.2 Å². The van der Waals surface area contributed by atoms with Crippen LogP contribution in [0.4, 0.5) is 0 Å². The van der Waals surface area contributed by atoms with E-state index in [-0.39, 0.29) is 0 Å². The smallest absolute Gasteiger partial charge is 0.233 e. The van der Waals surface area contributed by atoms with Crippen molar-refractivity contribution in [1.82, 2.24) is 9.78 Å². The molecule has 15 heavy (non-hydrogen) atoms. The highest BCUT2D eigenvalue weighted by molar-refractivity contribution is 5.31. The van der Waals surface area contributed by atoms with Crippen LogP contribution in [-0.4, -0.2) is 22.9 Å². The van der Waals surface area contributed by atoms with Gasteiger partial charge in [-0.15, -0.1) is 5.10 Å². The lowest BCUT2D eigenvalue weighted by Crippen LogP contribution is -2.11. The SMILES string of the molecule is NCCOc1ccn(-c2ccccc2)n1. The summed E-state index contributed by atoms with van der Waals surface area (Å²) >= 11 is 0. The second kappa shape index (κ2) is 4.61. The predicted molar refractivity (Wildman–Crippen MR) is 58.1 cm³/mol. The van der Waals surface area contributed by atoms with Gasteiger partial charge in [-0.3, -0.25) is 0 Å². The number of para-hydroxylation sites is 1. The van der Waals surface area contributed by atoms with E-state index in [0.29, 0.717) is 19.0 Å². The molecule has 78 valence electrons. The Bertz CT molecular complexity index is 411. The van der Waals surface area contributed by atoms with E-state index >= 15 is 0 Å². The van der Waals surface area contributed by atoms with Crippen molar-refractivity contribution in [2.24, 2.45) is 5.73 Å². The van der Waals surface area contributed by atoms with E-state index in [1.807, 2.05) is 42.6 Å². The molecule has 2 rings (SSSR count). The van der Waals surface area contributed by atoms with E-state index in [4.69, 9.17) is 10.5 Å². The number of rotatable bonds is 4.